The van der Waals surface area contributed by atoms with E-state index in [1.54, 1.807) is 38.3 Å². The highest BCUT2D eigenvalue weighted by Crippen LogP contribution is 2.27. The highest BCUT2D eigenvalue weighted by molar-refractivity contribution is 5.99. The van der Waals surface area contributed by atoms with E-state index in [0.29, 0.717) is 28.0 Å². The number of carbonyl (C=O) groups is 2. The van der Waals surface area contributed by atoms with Crippen molar-refractivity contribution in [1.82, 2.24) is 0 Å². The number of ether oxygens (including phenoxy) is 2. The van der Waals surface area contributed by atoms with Crippen molar-refractivity contribution < 1.29 is 27.9 Å². The Hall–Kier alpha value is -3.35. The van der Waals surface area contributed by atoms with E-state index >= 15 is 0 Å². The van der Waals surface area contributed by atoms with Gasteiger partial charge in [-0.2, -0.15) is 0 Å². The molecule has 1 heterocycles. The average Bonchev–Trinajstić information content (AvgIpc) is 2.98. The van der Waals surface area contributed by atoms with Gasteiger partial charge in [0.25, 0.3) is 5.91 Å². The van der Waals surface area contributed by atoms with E-state index in [2.05, 4.69) is 5.32 Å². The maximum atomic E-state index is 13.4. The first kappa shape index (κ1) is 18.4. The summed E-state index contributed by atoms with van der Waals surface area (Å²) in [7, 11) is 1.55. The molecule has 0 spiro atoms. The van der Waals surface area contributed by atoms with Crippen LogP contribution in [0.2, 0.25) is 0 Å². The predicted molar refractivity (Wildman–Crippen MR) is 97.4 cm³/mol. The molecule has 140 valence electrons. The lowest BCUT2D eigenvalue weighted by atomic mass is 10.1. The van der Waals surface area contributed by atoms with Gasteiger partial charge < -0.3 is 19.2 Å². The summed E-state index contributed by atoms with van der Waals surface area (Å²) >= 11 is 0. The quantitative estimate of drug-likeness (QED) is 0.684. The zero-order chi connectivity index (χ0) is 19.6. The average molecular weight is 371 g/mol. The maximum Gasteiger partial charge on any atom is 0.375 e. The molecule has 0 saturated heterocycles. The zero-order valence-electron chi connectivity index (χ0n) is 15.0. The van der Waals surface area contributed by atoms with Crippen LogP contribution in [0.4, 0.5) is 10.1 Å². The van der Waals surface area contributed by atoms with Crippen molar-refractivity contribution in [3.63, 3.8) is 0 Å². The fourth-order valence-electron chi connectivity index (χ4n) is 2.57. The summed E-state index contributed by atoms with van der Waals surface area (Å²) in [6.45, 7) is 3.08. The Morgan fingerprint density at radius 2 is 1.85 bits per heavy atom. The van der Waals surface area contributed by atoms with Crippen molar-refractivity contribution in [2.24, 2.45) is 0 Å². The van der Waals surface area contributed by atoms with E-state index in [0.717, 1.165) is 0 Å². The van der Waals surface area contributed by atoms with E-state index in [4.69, 9.17) is 13.9 Å². The fraction of sp³-hybridized carbons (Fsp3) is 0.200. The molecule has 2 aromatic carbocycles. The van der Waals surface area contributed by atoms with Gasteiger partial charge in [-0.1, -0.05) is 0 Å². The third kappa shape index (κ3) is 3.92. The molecule has 0 aliphatic rings. The van der Waals surface area contributed by atoms with Gasteiger partial charge in [0.05, 0.1) is 7.11 Å². The molecule has 0 bridgehead atoms. The van der Waals surface area contributed by atoms with Gasteiger partial charge in [-0.15, -0.1) is 0 Å². The number of aryl methyl sites for hydroxylation is 1. The van der Waals surface area contributed by atoms with Crippen LogP contribution in [0, 0.1) is 12.7 Å². The molecule has 1 aromatic heterocycles. The monoisotopic (exact) mass is 371 g/mol. The molecule has 0 unspecified atom stereocenters. The second-order valence-electron chi connectivity index (χ2n) is 5.96. The number of nitrogens with one attached hydrogen (secondary N) is 1. The summed E-state index contributed by atoms with van der Waals surface area (Å²) in [6.07, 6.45) is -1.05. The number of benzene rings is 2. The summed E-state index contributed by atoms with van der Waals surface area (Å²) in [6, 6.07) is 10.7. The number of hydrogen-bond donors (Lipinski definition) is 1. The number of anilines is 1. The molecule has 6 nitrogen and oxygen atoms in total. The van der Waals surface area contributed by atoms with Crippen molar-refractivity contribution in [1.29, 1.82) is 0 Å². The normalized spacial score (nSPS) is 11.9. The van der Waals surface area contributed by atoms with E-state index in [1.807, 2.05) is 0 Å². The minimum Gasteiger partial charge on any atom is -0.497 e. The summed E-state index contributed by atoms with van der Waals surface area (Å²) in [4.78, 5) is 24.6. The van der Waals surface area contributed by atoms with E-state index in [9.17, 15) is 14.0 Å². The molecule has 3 aromatic rings. The molecule has 0 fully saturated rings. The van der Waals surface area contributed by atoms with Crippen LogP contribution in [-0.4, -0.2) is 25.1 Å². The number of carbonyl (C=O) groups excluding carboxylic acids is 2. The highest BCUT2D eigenvalue weighted by Gasteiger charge is 2.24. The molecule has 1 amide bonds. The topological polar surface area (TPSA) is 77.8 Å². The van der Waals surface area contributed by atoms with Gasteiger partial charge in [0.15, 0.2) is 6.10 Å². The van der Waals surface area contributed by atoms with Gasteiger partial charge in [0, 0.05) is 16.6 Å². The number of furan rings is 1. The van der Waals surface area contributed by atoms with Crippen LogP contribution in [0.15, 0.2) is 46.9 Å². The molecule has 0 radical (unpaired) electrons. The summed E-state index contributed by atoms with van der Waals surface area (Å²) in [5.41, 5.74) is 1.37. The van der Waals surface area contributed by atoms with Crippen molar-refractivity contribution in [3.8, 4) is 5.75 Å². The molecule has 0 saturated carbocycles. The SMILES string of the molecule is COc1ccc(NC(=O)[C@@H](C)OC(=O)c2oc3ccc(F)cc3c2C)cc1. The molecule has 3 rings (SSSR count). The van der Waals surface area contributed by atoms with Crippen LogP contribution < -0.4 is 10.1 Å². The first-order chi connectivity index (χ1) is 12.9. The lowest BCUT2D eigenvalue weighted by molar-refractivity contribution is -0.123. The third-order valence-corrected chi connectivity index (χ3v) is 4.09. The smallest absolute Gasteiger partial charge is 0.375 e. The number of methoxy groups -OCH3 is 1. The Bertz CT molecular complexity index is 994. The van der Waals surface area contributed by atoms with Crippen LogP contribution in [0.1, 0.15) is 23.0 Å². The molecule has 27 heavy (non-hydrogen) atoms. The second kappa shape index (κ2) is 7.49. The summed E-state index contributed by atoms with van der Waals surface area (Å²) < 4.78 is 29.1. The Morgan fingerprint density at radius 1 is 1.15 bits per heavy atom. The number of esters is 1. The Morgan fingerprint density at radius 3 is 2.52 bits per heavy atom. The lowest BCUT2D eigenvalue weighted by Crippen LogP contribution is -2.30. The molecular formula is C20H18FNO5. The van der Waals surface area contributed by atoms with Gasteiger partial charge in [-0.05, 0) is 56.3 Å². The lowest BCUT2D eigenvalue weighted by Gasteiger charge is -2.13. The van der Waals surface area contributed by atoms with Crippen molar-refractivity contribution in [2.45, 2.75) is 20.0 Å². The molecule has 1 atom stereocenters. The summed E-state index contributed by atoms with van der Waals surface area (Å²) in [5, 5.41) is 3.13. The van der Waals surface area contributed by atoms with Crippen LogP contribution in [-0.2, 0) is 9.53 Å². The van der Waals surface area contributed by atoms with Crippen molar-refractivity contribution in [3.05, 3.63) is 59.6 Å². The minimum absolute atomic E-state index is 0.0558. The van der Waals surface area contributed by atoms with E-state index in [1.165, 1.54) is 25.1 Å². The molecule has 0 aliphatic carbocycles. The minimum atomic E-state index is -1.05. The highest BCUT2D eigenvalue weighted by atomic mass is 19.1. The predicted octanol–water partition coefficient (Wildman–Crippen LogP) is 4.07. The van der Waals surface area contributed by atoms with Crippen LogP contribution in [0.3, 0.4) is 0 Å². The summed E-state index contributed by atoms with van der Waals surface area (Å²) in [5.74, 6) is -1.11. The van der Waals surface area contributed by atoms with Crippen LogP contribution >= 0.6 is 0 Å². The van der Waals surface area contributed by atoms with Crippen LogP contribution in [0.5, 0.6) is 5.75 Å². The first-order valence-electron chi connectivity index (χ1n) is 8.23. The van der Waals surface area contributed by atoms with Gasteiger partial charge in [0.1, 0.15) is 17.1 Å². The molecular weight excluding hydrogens is 353 g/mol. The maximum absolute atomic E-state index is 13.4. The number of amides is 1. The Labute approximate surface area is 154 Å². The van der Waals surface area contributed by atoms with Gasteiger partial charge in [-0.25, -0.2) is 9.18 Å². The van der Waals surface area contributed by atoms with Gasteiger partial charge in [0.2, 0.25) is 5.76 Å². The molecule has 0 aliphatic heterocycles. The first-order valence-corrected chi connectivity index (χ1v) is 8.23. The zero-order valence-corrected chi connectivity index (χ0v) is 15.0. The number of hydrogen-bond acceptors (Lipinski definition) is 5. The van der Waals surface area contributed by atoms with Crippen LogP contribution in [0.25, 0.3) is 11.0 Å². The van der Waals surface area contributed by atoms with E-state index in [-0.39, 0.29) is 5.76 Å². The standard InChI is InChI=1S/C20H18FNO5/c1-11-16-10-13(21)4-9-17(16)27-18(11)20(24)26-12(2)19(23)22-14-5-7-15(25-3)8-6-14/h4-10,12H,1-3H3,(H,22,23)/t12-/m1/s1. The van der Waals surface area contributed by atoms with Gasteiger partial charge >= 0.3 is 5.97 Å². The van der Waals surface area contributed by atoms with E-state index < -0.39 is 23.8 Å². The Kier molecular flexibility index (Phi) is 5.12. The van der Waals surface area contributed by atoms with Gasteiger partial charge in [-0.3, -0.25) is 4.79 Å². The molecule has 7 heteroatoms. The van der Waals surface area contributed by atoms with Crippen molar-refractivity contribution >= 4 is 28.5 Å². The Balaban J connectivity index is 1.69. The largest absolute Gasteiger partial charge is 0.497 e. The van der Waals surface area contributed by atoms with Crippen molar-refractivity contribution in [2.75, 3.05) is 12.4 Å². The number of halogens is 1. The number of fused-ring (bicyclic) bond motifs is 1. The fourth-order valence-corrected chi connectivity index (χ4v) is 2.57. The molecule has 1 N–H and O–H groups in total. The number of rotatable bonds is 5. The second-order valence-corrected chi connectivity index (χ2v) is 5.96. The third-order valence-electron chi connectivity index (χ3n) is 4.09.